The predicted molar refractivity (Wildman–Crippen MR) is 150 cm³/mol. The molecule has 0 fully saturated rings. The van der Waals surface area contributed by atoms with E-state index >= 15 is 0 Å². The summed E-state index contributed by atoms with van der Waals surface area (Å²) >= 11 is 7.76. The summed E-state index contributed by atoms with van der Waals surface area (Å²) in [5.41, 5.74) is 2.86. The molecule has 0 nitrogen and oxygen atoms in total. The van der Waals surface area contributed by atoms with E-state index in [9.17, 15) is 0 Å². The lowest BCUT2D eigenvalue weighted by Crippen LogP contribution is -1.81. The highest BCUT2D eigenvalue weighted by Crippen LogP contribution is 2.47. The molecule has 0 atom stereocenters. The molecule has 0 spiro atoms. The number of hydrogen-bond donors (Lipinski definition) is 0. The standard InChI is InChI=1S/C28H20S4/c1-13-9-17-5-7-20-19(25(17)29-13)8-6-18-11-23(31-26(18)20)24-12-22-16(4)15(3)21-10-14(2)30-27(21)28(22)32-24/h5-12H,1-4H3. The Bertz CT molecular complexity index is 1870. The molecule has 0 saturated heterocycles. The molecule has 0 aliphatic carbocycles. The van der Waals surface area contributed by atoms with E-state index < -0.39 is 0 Å². The summed E-state index contributed by atoms with van der Waals surface area (Å²) < 4.78 is 5.74. The molecular weight excluding hydrogens is 465 g/mol. The Morgan fingerprint density at radius 1 is 0.438 bits per heavy atom. The van der Waals surface area contributed by atoms with Crippen molar-refractivity contribution in [2.24, 2.45) is 0 Å². The van der Waals surface area contributed by atoms with Crippen molar-refractivity contribution in [1.82, 2.24) is 0 Å². The molecule has 156 valence electrons. The van der Waals surface area contributed by atoms with E-state index in [0.717, 1.165) is 0 Å². The quantitative estimate of drug-likeness (QED) is 0.217. The highest BCUT2D eigenvalue weighted by atomic mass is 32.1. The molecule has 7 aromatic rings. The van der Waals surface area contributed by atoms with Gasteiger partial charge in [0.15, 0.2) is 0 Å². The van der Waals surface area contributed by atoms with Crippen LogP contribution in [-0.2, 0) is 0 Å². The molecule has 32 heavy (non-hydrogen) atoms. The van der Waals surface area contributed by atoms with E-state index in [1.54, 1.807) is 0 Å². The zero-order valence-electron chi connectivity index (χ0n) is 18.3. The van der Waals surface area contributed by atoms with Gasteiger partial charge in [0, 0.05) is 39.7 Å². The molecule has 0 amide bonds. The number of hydrogen-bond acceptors (Lipinski definition) is 4. The van der Waals surface area contributed by atoms with E-state index in [-0.39, 0.29) is 0 Å². The molecule has 3 aromatic carbocycles. The van der Waals surface area contributed by atoms with E-state index in [2.05, 4.69) is 76.2 Å². The number of fused-ring (bicyclic) bond motifs is 8. The Balaban J connectivity index is 1.50. The highest BCUT2D eigenvalue weighted by molar-refractivity contribution is 7.32. The Morgan fingerprint density at radius 3 is 1.69 bits per heavy atom. The summed E-state index contributed by atoms with van der Waals surface area (Å²) in [5, 5.41) is 8.35. The van der Waals surface area contributed by atoms with Crippen LogP contribution >= 0.6 is 45.3 Å². The lowest BCUT2D eigenvalue weighted by Gasteiger charge is -2.04. The van der Waals surface area contributed by atoms with E-state index in [1.807, 2.05) is 45.3 Å². The topological polar surface area (TPSA) is 0 Å². The summed E-state index contributed by atoms with van der Waals surface area (Å²) in [7, 11) is 0. The Morgan fingerprint density at radius 2 is 0.938 bits per heavy atom. The predicted octanol–water partition coefficient (Wildman–Crippen LogP) is 10.6. The van der Waals surface area contributed by atoms with Gasteiger partial charge in [-0.25, -0.2) is 0 Å². The molecule has 0 N–H and O–H groups in total. The van der Waals surface area contributed by atoms with Gasteiger partial charge in [-0.05, 0) is 84.6 Å². The Kier molecular flexibility index (Phi) is 4.00. The van der Waals surface area contributed by atoms with Crippen LogP contribution in [0.3, 0.4) is 0 Å². The van der Waals surface area contributed by atoms with Gasteiger partial charge in [0.25, 0.3) is 0 Å². The van der Waals surface area contributed by atoms with Gasteiger partial charge in [0.1, 0.15) is 0 Å². The molecule has 0 radical (unpaired) electrons. The zero-order valence-corrected chi connectivity index (χ0v) is 21.5. The summed E-state index contributed by atoms with van der Waals surface area (Å²) in [4.78, 5) is 5.55. The molecular formula is C28H20S4. The molecule has 4 heteroatoms. The first-order valence-electron chi connectivity index (χ1n) is 10.8. The minimum absolute atomic E-state index is 1.35. The first-order valence-corrected chi connectivity index (χ1v) is 14.0. The van der Waals surface area contributed by atoms with Crippen LogP contribution in [0.2, 0.25) is 0 Å². The zero-order chi connectivity index (χ0) is 21.7. The van der Waals surface area contributed by atoms with Crippen molar-refractivity contribution in [2.45, 2.75) is 27.7 Å². The normalized spacial score (nSPS) is 12.4. The molecule has 0 aliphatic rings. The van der Waals surface area contributed by atoms with Crippen molar-refractivity contribution in [1.29, 1.82) is 0 Å². The lowest BCUT2D eigenvalue weighted by atomic mass is 10.0. The van der Waals surface area contributed by atoms with Gasteiger partial charge in [-0.3, -0.25) is 0 Å². The second-order valence-electron chi connectivity index (χ2n) is 8.73. The largest absolute Gasteiger partial charge is 0.140 e. The summed E-state index contributed by atoms with van der Waals surface area (Å²) in [5.74, 6) is 0. The van der Waals surface area contributed by atoms with Gasteiger partial charge < -0.3 is 0 Å². The van der Waals surface area contributed by atoms with Crippen molar-refractivity contribution in [2.75, 3.05) is 0 Å². The van der Waals surface area contributed by atoms with Gasteiger partial charge >= 0.3 is 0 Å². The van der Waals surface area contributed by atoms with Crippen molar-refractivity contribution >= 4 is 96.5 Å². The van der Waals surface area contributed by atoms with Crippen molar-refractivity contribution in [3.05, 3.63) is 69.4 Å². The maximum absolute atomic E-state index is 2.44. The number of benzene rings is 3. The van der Waals surface area contributed by atoms with E-state index in [4.69, 9.17) is 0 Å². The van der Waals surface area contributed by atoms with Gasteiger partial charge in [-0.1, -0.05) is 24.3 Å². The minimum atomic E-state index is 1.35. The average molecular weight is 485 g/mol. The number of rotatable bonds is 1. The molecule has 4 aromatic heterocycles. The fourth-order valence-corrected chi connectivity index (χ4v) is 9.72. The number of aryl methyl sites for hydroxylation is 4. The molecule has 4 heterocycles. The number of thiophene rings is 4. The molecule has 0 saturated carbocycles. The van der Waals surface area contributed by atoms with Gasteiger partial charge in [-0.15, -0.1) is 45.3 Å². The minimum Gasteiger partial charge on any atom is -0.140 e. The van der Waals surface area contributed by atoms with Crippen LogP contribution in [0.15, 0.2) is 48.5 Å². The first kappa shape index (κ1) is 19.2. The van der Waals surface area contributed by atoms with Crippen LogP contribution in [0, 0.1) is 27.7 Å². The SMILES string of the molecule is Cc1cc2ccc3c(ccc4cc(-c5cc6c(C)c(C)c7cc(C)sc7c6s5)sc43)c2s1. The van der Waals surface area contributed by atoms with Crippen molar-refractivity contribution < 1.29 is 0 Å². The highest BCUT2D eigenvalue weighted by Gasteiger charge is 2.17. The lowest BCUT2D eigenvalue weighted by molar-refractivity contribution is 1.42. The van der Waals surface area contributed by atoms with Gasteiger partial charge in [0.05, 0.1) is 9.40 Å². The van der Waals surface area contributed by atoms with Crippen LogP contribution in [0.5, 0.6) is 0 Å². The van der Waals surface area contributed by atoms with Gasteiger partial charge in [0.2, 0.25) is 0 Å². The van der Waals surface area contributed by atoms with E-state index in [0.29, 0.717) is 0 Å². The molecule has 0 unspecified atom stereocenters. The maximum Gasteiger partial charge on any atom is 0.0530 e. The smallest absolute Gasteiger partial charge is 0.0530 e. The van der Waals surface area contributed by atoms with Crippen LogP contribution in [0.1, 0.15) is 20.9 Å². The third-order valence-electron chi connectivity index (χ3n) is 6.69. The first-order chi connectivity index (χ1) is 15.5. The van der Waals surface area contributed by atoms with E-state index in [1.165, 1.54) is 81.8 Å². The summed E-state index contributed by atoms with van der Waals surface area (Å²) in [6, 6.07) is 18.7. The van der Waals surface area contributed by atoms with Crippen molar-refractivity contribution in [3.63, 3.8) is 0 Å². The maximum atomic E-state index is 2.44. The van der Waals surface area contributed by atoms with Crippen molar-refractivity contribution in [3.8, 4) is 9.75 Å². The van der Waals surface area contributed by atoms with Crippen LogP contribution < -0.4 is 0 Å². The molecule has 0 aliphatic heterocycles. The van der Waals surface area contributed by atoms with Crippen LogP contribution in [0.25, 0.3) is 60.9 Å². The van der Waals surface area contributed by atoms with Crippen LogP contribution in [-0.4, -0.2) is 0 Å². The fraction of sp³-hybridized carbons (Fsp3) is 0.143. The average Bonchev–Trinajstić information content (AvgIpc) is 3.53. The Labute approximate surface area is 202 Å². The Hall–Kier alpha value is -2.24. The van der Waals surface area contributed by atoms with Gasteiger partial charge in [-0.2, -0.15) is 0 Å². The monoisotopic (exact) mass is 484 g/mol. The summed E-state index contributed by atoms with van der Waals surface area (Å²) in [6.45, 7) is 8.99. The fourth-order valence-electron chi connectivity index (χ4n) is 4.98. The second-order valence-corrected chi connectivity index (χ2v) is 13.4. The molecule has 7 rings (SSSR count). The molecule has 0 bridgehead atoms. The van der Waals surface area contributed by atoms with Crippen LogP contribution in [0.4, 0.5) is 0 Å². The third-order valence-corrected chi connectivity index (χ3v) is 11.5. The third kappa shape index (κ3) is 2.58. The second kappa shape index (κ2) is 6.64. The summed E-state index contributed by atoms with van der Waals surface area (Å²) in [6.07, 6.45) is 0.